The van der Waals surface area contributed by atoms with E-state index in [4.69, 9.17) is 0 Å². The standard InChI is InChI=1S/C14H20N2O2S/c1-19(17,18)16-10-8-13-14(16)7-9-15(13)11-12-5-3-2-4-6-12/h2-6,13-14H,7-11H2,1H3/t13-,14+/m1/s1. The smallest absolute Gasteiger partial charge is 0.211 e. The molecule has 0 radical (unpaired) electrons. The van der Waals surface area contributed by atoms with Crippen molar-refractivity contribution in [2.24, 2.45) is 0 Å². The van der Waals surface area contributed by atoms with Gasteiger partial charge in [-0.1, -0.05) is 30.3 Å². The Morgan fingerprint density at radius 3 is 2.47 bits per heavy atom. The van der Waals surface area contributed by atoms with E-state index in [2.05, 4.69) is 29.2 Å². The molecule has 1 aromatic rings. The third-order valence-electron chi connectivity index (χ3n) is 4.29. The van der Waals surface area contributed by atoms with Gasteiger partial charge in [0, 0.05) is 31.7 Å². The summed E-state index contributed by atoms with van der Waals surface area (Å²) in [7, 11) is -3.05. The Hall–Kier alpha value is -0.910. The van der Waals surface area contributed by atoms with Crippen LogP contribution < -0.4 is 0 Å². The Morgan fingerprint density at radius 2 is 1.79 bits per heavy atom. The van der Waals surface area contributed by atoms with E-state index in [-0.39, 0.29) is 6.04 Å². The Kier molecular flexibility index (Phi) is 3.37. The van der Waals surface area contributed by atoms with Gasteiger partial charge < -0.3 is 0 Å². The Morgan fingerprint density at radius 1 is 1.11 bits per heavy atom. The van der Waals surface area contributed by atoms with E-state index in [0.29, 0.717) is 12.6 Å². The van der Waals surface area contributed by atoms with Crippen LogP contribution in [-0.4, -0.2) is 49.1 Å². The highest BCUT2D eigenvalue weighted by Crippen LogP contribution is 2.33. The highest BCUT2D eigenvalue weighted by molar-refractivity contribution is 7.88. The zero-order chi connectivity index (χ0) is 13.5. The summed E-state index contributed by atoms with van der Waals surface area (Å²) in [6.07, 6.45) is 3.25. The van der Waals surface area contributed by atoms with E-state index < -0.39 is 10.0 Å². The van der Waals surface area contributed by atoms with E-state index in [9.17, 15) is 8.42 Å². The predicted octanol–water partition coefficient (Wildman–Crippen LogP) is 1.29. The summed E-state index contributed by atoms with van der Waals surface area (Å²) in [6.45, 7) is 2.61. The molecule has 4 nitrogen and oxygen atoms in total. The lowest BCUT2D eigenvalue weighted by Gasteiger charge is -2.24. The number of nitrogens with zero attached hydrogens (tertiary/aromatic N) is 2. The van der Waals surface area contributed by atoms with Crippen LogP contribution in [0.3, 0.4) is 0 Å². The molecule has 0 aliphatic carbocycles. The maximum atomic E-state index is 11.7. The third-order valence-corrected chi connectivity index (χ3v) is 5.60. The van der Waals surface area contributed by atoms with Crippen molar-refractivity contribution >= 4 is 10.0 Å². The second kappa shape index (κ2) is 4.89. The van der Waals surface area contributed by atoms with Crippen LogP contribution in [0.2, 0.25) is 0 Å². The van der Waals surface area contributed by atoms with Crippen LogP contribution in [0.15, 0.2) is 30.3 Å². The van der Waals surface area contributed by atoms with Gasteiger partial charge >= 0.3 is 0 Å². The van der Waals surface area contributed by atoms with Crippen molar-refractivity contribution in [1.82, 2.24) is 9.21 Å². The van der Waals surface area contributed by atoms with E-state index >= 15 is 0 Å². The van der Waals surface area contributed by atoms with E-state index in [1.54, 1.807) is 4.31 Å². The molecule has 0 unspecified atom stereocenters. The summed E-state index contributed by atoms with van der Waals surface area (Å²) >= 11 is 0. The van der Waals surface area contributed by atoms with Crippen molar-refractivity contribution in [2.45, 2.75) is 31.5 Å². The minimum absolute atomic E-state index is 0.193. The summed E-state index contributed by atoms with van der Waals surface area (Å²) < 4.78 is 25.2. The molecule has 1 aromatic carbocycles. The molecule has 0 amide bonds. The van der Waals surface area contributed by atoms with Gasteiger partial charge in [-0.2, -0.15) is 4.31 Å². The van der Waals surface area contributed by atoms with Crippen LogP contribution in [-0.2, 0) is 16.6 Å². The third kappa shape index (κ3) is 2.55. The SMILES string of the molecule is CS(=O)(=O)N1CC[C@@H]2[C@@H]1CCN2Cc1ccccc1. The van der Waals surface area contributed by atoms with Crippen molar-refractivity contribution in [3.8, 4) is 0 Å². The Labute approximate surface area is 115 Å². The normalized spacial score (nSPS) is 28.7. The van der Waals surface area contributed by atoms with Crippen molar-refractivity contribution in [1.29, 1.82) is 0 Å². The molecule has 104 valence electrons. The van der Waals surface area contributed by atoms with Crippen LogP contribution in [0.5, 0.6) is 0 Å². The molecular formula is C14H20N2O2S. The molecule has 3 rings (SSSR count). The fourth-order valence-electron chi connectivity index (χ4n) is 3.46. The molecule has 0 aromatic heterocycles. The molecule has 2 saturated heterocycles. The maximum Gasteiger partial charge on any atom is 0.211 e. The van der Waals surface area contributed by atoms with Gasteiger partial charge in [-0.25, -0.2) is 8.42 Å². The average molecular weight is 280 g/mol. The topological polar surface area (TPSA) is 40.6 Å². The first-order valence-electron chi connectivity index (χ1n) is 6.80. The van der Waals surface area contributed by atoms with Crippen molar-refractivity contribution in [3.63, 3.8) is 0 Å². The van der Waals surface area contributed by atoms with Crippen molar-refractivity contribution < 1.29 is 8.42 Å². The van der Waals surface area contributed by atoms with E-state index in [1.165, 1.54) is 11.8 Å². The summed E-state index contributed by atoms with van der Waals surface area (Å²) in [4.78, 5) is 2.44. The van der Waals surface area contributed by atoms with Gasteiger partial charge in [-0.15, -0.1) is 0 Å². The zero-order valence-corrected chi connectivity index (χ0v) is 12.0. The second-order valence-electron chi connectivity index (χ2n) is 5.54. The number of rotatable bonds is 3. The van der Waals surface area contributed by atoms with Gasteiger partial charge in [0.1, 0.15) is 0 Å². The molecule has 0 N–H and O–H groups in total. The molecule has 2 atom stereocenters. The molecule has 2 fully saturated rings. The molecular weight excluding hydrogens is 260 g/mol. The lowest BCUT2D eigenvalue weighted by Crippen LogP contribution is -2.38. The summed E-state index contributed by atoms with van der Waals surface area (Å²) in [5.74, 6) is 0. The van der Waals surface area contributed by atoms with E-state index in [1.807, 2.05) is 6.07 Å². The van der Waals surface area contributed by atoms with Gasteiger partial charge in [0.05, 0.1) is 6.26 Å². The second-order valence-corrected chi connectivity index (χ2v) is 7.48. The first kappa shape index (κ1) is 13.1. The molecule has 19 heavy (non-hydrogen) atoms. The minimum atomic E-state index is -3.05. The number of benzene rings is 1. The van der Waals surface area contributed by atoms with Crippen LogP contribution in [0.1, 0.15) is 18.4 Å². The quantitative estimate of drug-likeness (QED) is 0.838. The van der Waals surface area contributed by atoms with Gasteiger partial charge in [-0.3, -0.25) is 4.90 Å². The van der Waals surface area contributed by atoms with Gasteiger partial charge in [0.25, 0.3) is 0 Å². The highest BCUT2D eigenvalue weighted by Gasteiger charge is 2.45. The molecule has 2 heterocycles. The van der Waals surface area contributed by atoms with Crippen LogP contribution >= 0.6 is 0 Å². The number of hydrogen-bond acceptors (Lipinski definition) is 3. The fourth-order valence-corrected chi connectivity index (χ4v) is 4.64. The minimum Gasteiger partial charge on any atom is -0.294 e. The largest absolute Gasteiger partial charge is 0.294 e. The zero-order valence-electron chi connectivity index (χ0n) is 11.2. The van der Waals surface area contributed by atoms with Gasteiger partial charge in [0.2, 0.25) is 10.0 Å². The van der Waals surface area contributed by atoms with Crippen LogP contribution in [0.25, 0.3) is 0 Å². The number of sulfonamides is 1. The summed E-state index contributed by atoms with van der Waals surface area (Å²) in [5.41, 5.74) is 1.31. The fraction of sp³-hybridized carbons (Fsp3) is 0.571. The summed E-state index contributed by atoms with van der Waals surface area (Å²) in [5, 5.41) is 0. The first-order valence-corrected chi connectivity index (χ1v) is 8.65. The first-order chi connectivity index (χ1) is 9.05. The molecule has 2 aliphatic rings. The molecule has 0 bridgehead atoms. The molecule has 0 saturated carbocycles. The molecule has 2 aliphatic heterocycles. The van der Waals surface area contributed by atoms with Crippen LogP contribution in [0.4, 0.5) is 0 Å². The van der Waals surface area contributed by atoms with Crippen LogP contribution in [0, 0.1) is 0 Å². The van der Waals surface area contributed by atoms with E-state index in [0.717, 1.165) is 25.9 Å². The molecule has 5 heteroatoms. The predicted molar refractivity (Wildman–Crippen MR) is 75.2 cm³/mol. The lowest BCUT2D eigenvalue weighted by atomic mass is 10.1. The Bertz CT molecular complexity index is 544. The lowest BCUT2D eigenvalue weighted by molar-refractivity contribution is 0.240. The highest BCUT2D eigenvalue weighted by atomic mass is 32.2. The average Bonchev–Trinajstić information content (AvgIpc) is 2.92. The van der Waals surface area contributed by atoms with Crippen molar-refractivity contribution in [2.75, 3.05) is 19.3 Å². The Balaban J connectivity index is 1.72. The number of fused-ring (bicyclic) bond motifs is 1. The maximum absolute atomic E-state index is 11.7. The van der Waals surface area contributed by atoms with Gasteiger partial charge in [0.15, 0.2) is 0 Å². The number of hydrogen-bond donors (Lipinski definition) is 0. The van der Waals surface area contributed by atoms with Gasteiger partial charge in [-0.05, 0) is 18.4 Å². The number of likely N-dealkylation sites (tertiary alicyclic amines) is 1. The summed E-state index contributed by atoms with van der Waals surface area (Å²) in [6, 6.07) is 11.0. The molecule has 0 spiro atoms. The van der Waals surface area contributed by atoms with Crippen molar-refractivity contribution in [3.05, 3.63) is 35.9 Å². The monoisotopic (exact) mass is 280 g/mol.